The molecule has 1 saturated carbocycles. The second-order valence-electron chi connectivity index (χ2n) is 7.93. The standard InChI is InChI=1S/C21H25N5O4/c27-19(23-15-2-3-15)13-25-5-7-26(8-6-25)21(28)16-12-22-24-20(16)14-1-4-17-18(11-14)30-10-9-29-17/h1,4,11-12,15H,2-3,5-10,13H2,(H,22,24)(H,23,27). The highest BCUT2D eigenvalue weighted by Gasteiger charge is 2.28. The number of carbonyl (C=O) groups excluding carboxylic acids is 2. The first kappa shape index (κ1) is 18.9. The maximum atomic E-state index is 13.1. The average Bonchev–Trinajstić information content (AvgIpc) is 3.44. The normalized spacial score (nSPS) is 18.9. The highest BCUT2D eigenvalue weighted by atomic mass is 16.6. The summed E-state index contributed by atoms with van der Waals surface area (Å²) >= 11 is 0. The Morgan fingerprint density at radius 2 is 1.87 bits per heavy atom. The lowest BCUT2D eigenvalue weighted by molar-refractivity contribution is -0.122. The monoisotopic (exact) mass is 411 g/mol. The molecule has 1 aromatic heterocycles. The molecule has 0 unspecified atom stereocenters. The summed E-state index contributed by atoms with van der Waals surface area (Å²) in [5.41, 5.74) is 2.03. The van der Waals surface area contributed by atoms with E-state index in [2.05, 4.69) is 20.4 Å². The van der Waals surface area contributed by atoms with E-state index in [1.807, 2.05) is 23.1 Å². The molecule has 1 aliphatic carbocycles. The first-order valence-electron chi connectivity index (χ1n) is 10.4. The number of rotatable bonds is 5. The molecule has 2 aromatic rings. The molecule has 0 radical (unpaired) electrons. The molecule has 2 amide bonds. The van der Waals surface area contributed by atoms with Gasteiger partial charge >= 0.3 is 0 Å². The zero-order valence-corrected chi connectivity index (χ0v) is 16.7. The van der Waals surface area contributed by atoms with Gasteiger partial charge in [-0.05, 0) is 31.0 Å². The van der Waals surface area contributed by atoms with E-state index in [-0.39, 0.29) is 11.8 Å². The first-order valence-corrected chi connectivity index (χ1v) is 10.4. The third kappa shape index (κ3) is 3.97. The molecule has 9 nitrogen and oxygen atoms in total. The van der Waals surface area contributed by atoms with E-state index >= 15 is 0 Å². The summed E-state index contributed by atoms with van der Waals surface area (Å²) in [7, 11) is 0. The van der Waals surface area contributed by atoms with Crippen molar-refractivity contribution < 1.29 is 19.1 Å². The Morgan fingerprint density at radius 1 is 1.10 bits per heavy atom. The van der Waals surface area contributed by atoms with Crippen LogP contribution in [0.3, 0.4) is 0 Å². The van der Waals surface area contributed by atoms with Gasteiger partial charge in [0.15, 0.2) is 11.5 Å². The second kappa shape index (κ2) is 7.98. The third-order valence-electron chi connectivity index (χ3n) is 5.67. The minimum atomic E-state index is -0.0595. The summed E-state index contributed by atoms with van der Waals surface area (Å²) in [6.07, 6.45) is 3.75. The minimum Gasteiger partial charge on any atom is -0.486 e. The fourth-order valence-corrected chi connectivity index (χ4v) is 3.85. The van der Waals surface area contributed by atoms with Crippen LogP contribution in [0.2, 0.25) is 0 Å². The molecule has 0 spiro atoms. The number of hydrogen-bond donors (Lipinski definition) is 2. The predicted molar refractivity (Wildman–Crippen MR) is 109 cm³/mol. The Bertz CT molecular complexity index is 947. The van der Waals surface area contributed by atoms with E-state index in [9.17, 15) is 9.59 Å². The number of H-pyrrole nitrogens is 1. The van der Waals surface area contributed by atoms with Gasteiger partial charge in [-0.1, -0.05) is 0 Å². The fraction of sp³-hybridized carbons (Fsp3) is 0.476. The predicted octanol–water partition coefficient (Wildman–Crippen LogP) is 0.884. The quantitative estimate of drug-likeness (QED) is 0.758. The summed E-state index contributed by atoms with van der Waals surface area (Å²) in [5.74, 6) is 1.40. The highest BCUT2D eigenvalue weighted by molar-refractivity contribution is 6.00. The number of carbonyl (C=O) groups is 2. The number of ether oxygens (including phenoxy) is 2. The molecule has 158 valence electrons. The van der Waals surface area contributed by atoms with Crippen molar-refractivity contribution in [1.29, 1.82) is 0 Å². The number of benzene rings is 1. The van der Waals surface area contributed by atoms with Crippen molar-refractivity contribution in [2.45, 2.75) is 18.9 Å². The summed E-state index contributed by atoms with van der Waals surface area (Å²) in [5, 5.41) is 10.1. The molecule has 30 heavy (non-hydrogen) atoms. The van der Waals surface area contributed by atoms with Crippen LogP contribution < -0.4 is 14.8 Å². The SMILES string of the molecule is O=C(CN1CCN(C(=O)c2cn[nH]c2-c2ccc3c(c2)OCCO3)CC1)NC1CC1. The number of nitrogens with one attached hydrogen (secondary N) is 2. The number of fused-ring (bicyclic) bond motifs is 1. The molecule has 2 fully saturated rings. The molecule has 3 heterocycles. The first-order chi connectivity index (χ1) is 14.7. The van der Waals surface area contributed by atoms with Gasteiger partial charge in [0.2, 0.25) is 5.91 Å². The van der Waals surface area contributed by atoms with Crippen LogP contribution >= 0.6 is 0 Å². The molecular formula is C21H25N5O4. The topological polar surface area (TPSA) is 99.8 Å². The van der Waals surface area contributed by atoms with Crippen LogP contribution in [0.25, 0.3) is 11.3 Å². The Balaban J connectivity index is 1.23. The number of amides is 2. The zero-order valence-electron chi connectivity index (χ0n) is 16.7. The van der Waals surface area contributed by atoms with Crippen LogP contribution in [0.4, 0.5) is 0 Å². The molecule has 2 N–H and O–H groups in total. The lowest BCUT2D eigenvalue weighted by atomic mass is 10.1. The van der Waals surface area contributed by atoms with Gasteiger partial charge in [-0.15, -0.1) is 0 Å². The molecule has 9 heteroatoms. The van der Waals surface area contributed by atoms with Gasteiger partial charge in [0, 0.05) is 37.8 Å². The van der Waals surface area contributed by atoms with Gasteiger partial charge < -0.3 is 19.7 Å². The number of aromatic nitrogens is 2. The number of aromatic amines is 1. The Morgan fingerprint density at radius 3 is 2.63 bits per heavy atom. The van der Waals surface area contributed by atoms with Gasteiger partial charge in [-0.3, -0.25) is 19.6 Å². The van der Waals surface area contributed by atoms with E-state index in [1.54, 1.807) is 6.20 Å². The van der Waals surface area contributed by atoms with Crippen molar-refractivity contribution in [3.8, 4) is 22.8 Å². The molecule has 3 aliphatic rings. The highest BCUT2D eigenvalue weighted by Crippen LogP contribution is 2.35. The van der Waals surface area contributed by atoms with Crippen LogP contribution in [0.1, 0.15) is 23.2 Å². The van der Waals surface area contributed by atoms with E-state index in [0.717, 1.165) is 18.4 Å². The molecule has 1 aromatic carbocycles. The van der Waals surface area contributed by atoms with Gasteiger partial charge in [0.25, 0.3) is 5.91 Å². The maximum absolute atomic E-state index is 13.1. The molecule has 0 bridgehead atoms. The lowest BCUT2D eigenvalue weighted by Crippen LogP contribution is -2.51. The Hall–Kier alpha value is -3.07. The Kier molecular flexibility index (Phi) is 5.04. The maximum Gasteiger partial charge on any atom is 0.257 e. The van der Waals surface area contributed by atoms with Crippen molar-refractivity contribution in [2.24, 2.45) is 0 Å². The number of piperazine rings is 1. The van der Waals surface area contributed by atoms with E-state index < -0.39 is 0 Å². The van der Waals surface area contributed by atoms with E-state index in [0.29, 0.717) is 74.7 Å². The van der Waals surface area contributed by atoms with Crippen molar-refractivity contribution >= 4 is 11.8 Å². The molecule has 2 aliphatic heterocycles. The largest absolute Gasteiger partial charge is 0.486 e. The second-order valence-corrected chi connectivity index (χ2v) is 7.93. The van der Waals surface area contributed by atoms with Gasteiger partial charge in [-0.25, -0.2) is 0 Å². The summed E-state index contributed by atoms with van der Waals surface area (Å²) < 4.78 is 11.2. The van der Waals surface area contributed by atoms with Crippen LogP contribution in [-0.2, 0) is 4.79 Å². The summed E-state index contributed by atoms with van der Waals surface area (Å²) in [6, 6.07) is 5.99. The molecule has 1 saturated heterocycles. The Labute approximate surface area is 174 Å². The van der Waals surface area contributed by atoms with Crippen LogP contribution in [-0.4, -0.2) is 83.8 Å². The lowest BCUT2D eigenvalue weighted by Gasteiger charge is -2.34. The zero-order chi connectivity index (χ0) is 20.5. The third-order valence-corrected chi connectivity index (χ3v) is 5.67. The molecule has 0 atom stereocenters. The van der Waals surface area contributed by atoms with Gasteiger partial charge in [-0.2, -0.15) is 5.10 Å². The minimum absolute atomic E-state index is 0.0595. The summed E-state index contributed by atoms with van der Waals surface area (Å²) in [4.78, 5) is 29.1. The van der Waals surface area contributed by atoms with Crippen molar-refractivity contribution in [1.82, 2.24) is 25.3 Å². The van der Waals surface area contributed by atoms with Crippen LogP contribution in [0.5, 0.6) is 11.5 Å². The molecular weight excluding hydrogens is 386 g/mol. The summed E-state index contributed by atoms with van der Waals surface area (Å²) in [6.45, 7) is 3.97. The number of hydrogen-bond acceptors (Lipinski definition) is 6. The van der Waals surface area contributed by atoms with Crippen molar-refractivity contribution in [2.75, 3.05) is 45.9 Å². The van der Waals surface area contributed by atoms with Crippen LogP contribution in [0, 0.1) is 0 Å². The fourth-order valence-electron chi connectivity index (χ4n) is 3.85. The molecule has 5 rings (SSSR count). The van der Waals surface area contributed by atoms with Crippen molar-refractivity contribution in [3.05, 3.63) is 30.0 Å². The van der Waals surface area contributed by atoms with Gasteiger partial charge in [0.05, 0.1) is 24.0 Å². The van der Waals surface area contributed by atoms with E-state index in [1.165, 1.54) is 0 Å². The van der Waals surface area contributed by atoms with Crippen molar-refractivity contribution in [3.63, 3.8) is 0 Å². The van der Waals surface area contributed by atoms with Gasteiger partial charge in [0.1, 0.15) is 13.2 Å². The van der Waals surface area contributed by atoms with Crippen LogP contribution in [0.15, 0.2) is 24.4 Å². The van der Waals surface area contributed by atoms with E-state index in [4.69, 9.17) is 9.47 Å². The average molecular weight is 411 g/mol. The number of nitrogens with zero attached hydrogens (tertiary/aromatic N) is 3. The smallest absolute Gasteiger partial charge is 0.257 e.